The average molecular weight is 713 g/mol. The normalized spacial score (nSPS) is 22.0. The summed E-state index contributed by atoms with van der Waals surface area (Å²) in [5, 5.41) is 2.60. The third kappa shape index (κ3) is 8.97. The Morgan fingerprint density at radius 2 is 1.20 bits per heavy atom. The summed E-state index contributed by atoms with van der Waals surface area (Å²) in [6.45, 7) is 10.4. The zero-order chi connectivity index (χ0) is 34.7. The third-order valence-corrected chi connectivity index (χ3v) is 16.0. The van der Waals surface area contributed by atoms with Crippen molar-refractivity contribution in [2.24, 2.45) is 5.92 Å². The lowest BCUT2D eigenvalue weighted by Crippen LogP contribution is -2.31. The van der Waals surface area contributed by atoms with Crippen molar-refractivity contribution >= 4 is 26.5 Å². The van der Waals surface area contributed by atoms with Gasteiger partial charge in [0.15, 0.2) is 11.7 Å². The minimum absolute atomic E-state index is 0.00493. The van der Waals surface area contributed by atoms with Gasteiger partial charge in [-0.3, -0.25) is 0 Å². The van der Waals surface area contributed by atoms with Crippen LogP contribution >= 0.6 is 15.8 Å². The molecule has 5 unspecified atom stereocenters. The molecular formula is C44H58O4P2. The molecule has 3 aromatic rings. The first-order valence-corrected chi connectivity index (χ1v) is 22.7. The number of benzene rings is 3. The van der Waals surface area contributed by atoms with E-state index in [1.165, 1.54) is 72.3 Å². The first-order chi connectivity index (χ1) is 24.6. The number of hydrogen-bond donors (Lipinski definition) is 0. The Balaban J connectivity index is 1.20. The van der Waals surface area contributed by atoms with Crippen molar-refractivity contribution in [3.05, 3.63) is 95.6 Å². The van der Waals surface area contributed by atoms with Gasteiger partial charge in [-0.1, -0.05) is 114 Å². The number of aryl methyl sites for hydroxylation is 1. The molecule has 4 nitrogen and oxygen atoms in total. The number of rotatable bonds is 19. The summed E-state index contributed by atoms with van der Waals surface area (Å²) in [5.74, 6) is 4.40. The van der Waals surface area contributed by atoms with Gasteiger partial charge in [0.05, 0.1) is 17.2 Å². The smallest absolute Gasteiger partial charge is 0.162 e. The van der Waals surface area contributed by atoms with Gasteiger partial charge in [0.2, 0.25) is 0 Å². The second-order valence-electron chi connectivity index (χ2n) is 14.1. The van der Waals surface area contributed by atoms with E-state index >= 15 is 0 Å². The van der Waals surface area contributed by atoms with Crippen LogP contribution in [0.15, 0.2) is 84.5 Å². The van der Waals surface area contributed by atoms with E-state index in [0.29, 0.717) is 19.1 Å². The van der Waals surface area contributed by atoms with Crippen LogP contribution < -0.4 is 29.6 Å². The van der Waals surface area contributed by atoms with Gasteiger partial charge in [-0.05, 0) is 109 Å². The van der Waals surface area contributed by atoms with Gasteiger partial charge in [0.1, 0.15) is 29.6 Å². The molecule has 0 amide bonds. The van der Waals surface area contributed by atoms with Gasteiger partial charge in [-0.25, -0.2) is 0 Å². The highest BCUT2D eigenvalue weighted by molar-refractivity contribution is 7.71. The minimum Gasteiger partial charge on any atom is -0.492 e. The number of fused-ring (bicyclic) bond motifs is 2. The van der Waals surface area contributed by atoms with Crippen LogP contribution in [-0.4, -0.2) is 30.6 Å². The topological polar surface area (TPSA) is 36.9 Å². The van der Waals surface area contributed by atoms with E-state index in [4.69, 9.17) is 18.9 Å². The molecule has 0 saturated carbocycles. The van der Waals surface area contributed by atoms with E-state index in [0.717, 1.165) is 61.0 Å². The second-order valence-corrected chi connectivity index (χ2v) is 18.8. The van der Waals surface area contributed by atoms with Crippen molar-refractivity contribution in [1.82, 2.24) is 0 Å². The summed E-state index contributed by atoms with van der Waals surface area (Å²) in [5.41, 5.74) is 4.09. The summed E-state index contributed by atoms with van der Waals surface area (Å²) in [6.07, 6.45) is 22.3. The van der Waals surface area contributed by atoms with E-state index in [-0.39, 0.29) is 11.7 Å². The fourth-order valence-corrected chi connectivity index (χ4v) is 13.8. The quantitative estimate of drug-likeness (QED) is 0.116. The molecule has 0 fully saturated rings. The zero-order valence-corrected chi connectivity index (χ0v) is 32.7. The predicted molar refractivity (Wildman–Crippen MR) is 214 cm³/mol. The molecule has 3 aromatic carbocycles. The van der Waals surface area contributed by atoms with Gasteiger partial charge in [0, 0.05) is 5.92 Å². The maximum Gasteiger partial charge on any atom is 0.162 e. The lowest BCUT2D eigenvalue weighted by Gasteiger charge is -2.29. The van der Waals surface area contributed by atoms with Crippen LogP contribution in [-0.2, 0) is 13.0 Å². The Morgan fingerprint density at radius 3 is 1.76 bits per heavy atom. The fraction of sp³-hybridized carbons (Fsp3) is 0.500. The molecule has 0 spiro atoms. The average Bonchev–Trinajstić information content (AvgIpc) is 3.72. The van der Waals surface area contributed by atoms with Gasteiger partial charge in [-0.2, -0.15) is 0 Å². The summed E-state index contributed by atoms with van der Waals surface area (Å²) in [7, 11) is -1.29. The van der Waals surface area contributed by atoms with Crippen LogP contribution in [0.5, 0.6) is 23.0 Å². The Kier molecular flexibility index (Phi) is 13.8. The molecule has 50 heavy (non-hydrogen) atoms. The molecule has 0 N–H and O–H groups in total. The summed E-state index contributed by atoms with van der Waals surface area (Å²) in [6, 6.07) is 21.8. The van der Waals surface area contributed by atoms with E-state index in [1.54, 1.807) is 0 Å². The molecule has 2 aliphatic heterocycles. The summed E-state index contributed by atoms with van der Waals surface area (Å²) < 4.78 is 27.4. The van der Waals surface area contributed by atoms with Crippen molar-refractivity contribution in [2.45, 2.75) is 117 Å². The third-order valence-electron chi connectivity index (χ3n) is 10.1. The molecular weight excluding hydrogens is 654 g/mol. The highest BCUT2D eigenvalue weighted by Gasteiger charge is 2.49. The van der Waals surface area contributed by atoms with Crippen LogP contribution in [0.3, 0.4) is 0 Å². The van der Waals surface area contributed by atoms with Crippen LogP contribution in [0.1, 0.15) is 103 Å². The Morgan fingerprint density at radius 1 is 0.640 bits per heavy atom. The molecule has 6 heteroatoms. The first-order valence-electron chi connectivity index (χ1n) is 19.5. The molecule has 0 saturated heterocycles. The highest BCUT2D eigenvalue weighted by Crippen LogP contribution is 2.63. The summed E-state index contributed by atoms with van der Waals surface area (Å²) in [4.78, 5) is 0. The Labute approximate surface area is 304 Å². The molecule has 0 bridgehead atoms. The lowest BCUT2D eigenvalue weighted by molar-refractivity contribution is 0.173. The van der Waals surface area contributed by atoms with Crippen LogP contribution in [0.25, 0.3) is 0 Å². The van der Waals surface area contributed by atoms with Gasteiger partial charge >= 0.3 is 0 Å². The number of ether oxygens (including phenoxy) is 4. The molecule has 268 valence electrons. The van der Waals surface area contributed by atoms with Crippen LogP contribution in [0.4, 0.5) is 0 Å². The van der Waals surface area contributed by atoms with E-state index in [1.807, 2.05) is 0 Å². The summed E-state index contributed by atoms with van der Waals surface area (Å²) >= 11 is 0. The highest BCUT2D eigenvalue weighted by atomic mass is 31.1. The Hall–Kier alpha value is -2.80. The lowest BCUT2D eigenvalue weighted by atomic mass is 9.95. The maximum atomic E-state index is 7.01. The molecule has 6 rings (SSSR count). The van der Waals surface area contributed by atoms with Crippen LogP contribution in [0, 0.1) is 5.92 Å². The molecule has 0 aromatic heterocycles. The first kappa shape index (κ1) is 37.0. The van der Waals surface area contributed by atoms with Gasteiger partial charge < -0.3 is 18.9 Å². The molecule has 3 aliphatic rings. The zero-order valence-electron chi connectivity index (χ0n) is 30.9. The molecule has 2 heterocycles. The van der Waals surface area contributed by atoms with Crippen molar-refractivity contribution in [3.63, 3.8) is 0 Å². The number of allylic oxidation sites excluding steroid dienone is 3. The molecule has 0 radical (unpaired) electrons. The fourth-order valence-electron chi connectivity index (χ4n) is 7.13. The SMILES string of the molecule is CCCCC1=CCC(COc2cccc3c2P(CCCC)C(C2Oc4cccc(OCc5ccc(CCCC)cc5)c4P2CCCC)O3)C=C1. The van der Waals surface area contributed by atoms with Crippen molar-refractivity contribution in [1.29, 1.82) is 0 Å². The van der Waals surface area contributed by atoms with Gasteiger partial charge in [-0.15, -0.1) is 0 Å². The van der Waals surface area contributed by atoms with Gasteiger partial charge in [0.25, 0.3) is 0 Å². The molecule has 1 aliphatic carbocycles. The van der Waals surface area contributed by atoms with Crippen LogP contribution in [0.2, 0.25) is 0 Å². The van der Waals surface area contributed by atoms with Crippen molar-refractivity contribution < 1.29 is 18.9 Å². The predicted octanol–water partition coefficient (Wildman–Crippen LogP) is 11.6. The van der Waals surface area contributed by atoms with E-state index < -0.39 is 15.8 Å². The maximum absolute atomic E-state index is 7.01. The second kappa shape index (κ2) is 18.6. The largest absolute Gasteiger partial charge is 0.492 e. The van der Waals surface area contributed by atoms with Crippen molar-refractivity contribution in [3.8, 4) is 23.0 Å². The Bertz CT molecular complexity index is 1580. The number of unbranched alkanes of at least 4 members (excludes halogenated alkanes) is 4. The molecule has 5 atom stereocenters. The minimum atomic E-state index is -0.648. The number of hydrogen-bond acceptors (Lipinski definition) is 4. The monoisotopic (exact) mass is 712 g/mol. The van der Waals surface area contributed by atoms with Crippen molar-refractivity contribution in [2.75, 3.05) is 18.9 Å². The van der Waals surface area contributed by atoms with E-state index in [9.17, 15) is 0 Å². The van der Waals surface area contributed by atoms with E-state index in [2.05, 4.69) is 107 Å². The standard InChI is InChI=1S/C44H58O4P2/c1-5-9-15-33-21-25-35(26-22-33)31-45-37-17-13-19-39-41(37)49(29-11-7-3)43(47-39)44-48-40-20-14-18-38(42(40)50(44)30-12-8-4)46-32-36-27-23-34(24-28-36)16-10-6-2/h13-14,17-27,36,43-44H,5-12,15-16,28-32H2,1-4H3.